The van der Waals surface area contributed by atoms with Gasteiger partial charge in [0.2, 0.25) is 0 Å². The maximum absolute atomic E-state index is 11.8. The van der Waals surface area contributed by atoms with Crippen molar-refractivity contribution in [3.63, 3.8) is 0 Å². The van der Waals surface area contributed by atoms with Crippen molar-refractivity contribution in [1.29, 1.82) is 0 Å². The summed E-state index contributed by atoms with van der Waals surface area (Å²) in [5.74, 6) is -0.0843. The monoisotopic (exact) mass is 244 g/mol. The van der Waals surface area contributed by atoms with Crippen LogP contribution in [0.4, 0.5) is 0 Å². The Hall–Kier alpha value is -2.17. The second kappa shape index (κ2) is 5.44. The van der Waals surface area contributed by atoms with Gasteiger partial charge in [0.25, 0.3) is 5.91 Å². The number of hydrogen-bond acceptors (Lipinski definition) is 3. The van der Waals surface area contributed by atoms with E-state index in [9.17, 15) is 4.79 Å². The van der Waals surface area contributed by atoms with Crippen LogP contribution in [0.5, 0.6) is 0 Å². The molecule has 0 bridgehead atoms. The van der Waals surface area contributed by atoms with Crippen molar-refractivity contribution >= 4 is 5.91 Å². The smallest absolute Gasteiger partial charge is 0.251 e. The molecule has 2 heterocycles. The van der Waals surface area contributed by atoms with Crippen LogP contribution in [0.1, 0.15) is 21.7 Å². The fourth-order valence-corrected chi connectivity index (χ4v) is 1.78. The van der Waals surface area contributed by atoms with Gasteiger partial charge in [-0.15, -0.1) is 0 Å². The summed E-state index contributed by atoms with van der Waals surface area (Å²) in [6.45, 7) is 5.20. The highest BCUT2D eigenvalue weighted by Crippen LogP contribution is 2.01. The number of pyridine rings is 1. The van der Waals surface area contributed by atoms with Crippen molar-refractivity contribution in [2.45, 2.75) is 20.4 Å². The fourth-order valence-electron chi connectivity index (χ4n) is 1.78. The first-order valence-electron chi connectivity index (χ1n) is 5.86. The van der Waals surface area contributed by atoms with Gasteiger partial charge >= 0.3 is 0 Å². The summed E-state index contributed by atoms with van der Waals surface area (Å²) in [6.07, 6.45) is 3.21. The number of nitrogens with zero attached hydrogens (tertiary/aromatic N) is 3. The number of aryl methyl sites for hydroxylation is 2. The molecule has 2 aromatic heterocycles. The number of carbonyl (C=O) groups is 1. The van der Waals surface area contributed by atoms with E-state index in [1.165, 1.54) is 0 Å². The normalized spacial score (nSPS) is 10.3. The van der Waals surface area contributed by atoms with Crippen molar-refractivity contribution in [1.82, 2.24) is 20.1 Å². The summed E-state index contributed by atoms with van der Waals surface area (Å²) in [7, 11) is 0. The van der Waals surface area contributed by atoms with Gasteiger partial charge in [0, 0.05) is 30.2 Å². The number of aromatic nitrogens is 3. The van der Waals surface area contributed by atoms with E-state index in [1.54, 1.807) is 24.5 Å². The maximum Gasteiger partial charge on any atom is 0.251 e. The molecule has 1 amide bonds. The lowest BCUT2D eigenvalue weighted by Gasteiger charge is -2.06. The van der Waals surface area contributed by atoms with E-state index >= 15 is 0 Å². The van der Waals surface area contributed by atoms with Gasteiger partial charge < -0.3 is 5.32 Å². The van der Waals surface area contributed by atoms with Crippen LogP contribution in [-0.4, -0.2) is 27.2 Å². The van der Waals surface area contributed by atoms with Gasteiger partial charge in [-0.2, -0.15) is 5.10 Å². The molecule has 2 aromatic rings. The molecule has 0 radical (unpaired) electrons. The highest BCUT2D eigenvalue weighted by molar-refractivity contribution is 5.93. The van der Waals surface area contributed by atoms with Crippen LogP contribution in [0.25, 0.3) is 0 Å². The van der Waals surface area contributed by atoms with Crippen molar-refractivity contribution in [3.8, 4) is 0 Å². The minimum Gasteiger partial charge on any atom is -0.350 e. The Bertz CT molecular complexity index is 533. The average Bonchev–Trinajstić information content (AvgIpc) is 2.69. The third kappa shape index (κ3) is 2.94. The zero-order valence-electron chi connectivity index (χ0n) is 10.6. The molecule has 0 unspecified atom stereocenters. The molecule has 0 aliphatic carbocycles. The lowest BCUT2D eigenvalue weighted by Crippen LogP contribution is -2.27. The Morgan fingerprint density at radius 1 is 1.33 bits per heavy atom. The molecule has 5 nitrogen and oxygen atoms in total. The van der Waals surface area contributed by atoms with Gasteiger partial charge in [-0.25, -0.2) is 0 Å². The van der Waals surface area contributed by atoms with E-state index in [1.807, 2.05) is 24.6 Å². The zero-order chi connectivity index (χ0) is 13.0. The number of amides is 1. The van der Waals surface area contributed by atoms with Gasteiger partial charge in [0.05, 0.1) is 12.2 Å². The predicted octanol–water partition coefficient (Wildman–Crippen LogP) is 1.32. The standard InChI is InChI=1S/C13H16N4O/c1-10-9-11(2)17(16-10)8-7-15-13(18)12-3-5-14-6-4-12/h3-6,9H,7-8H2,1-2H3,(H,15,18). The number of nitrogens with one attached hydrogen (secondary N) is 1. The SMILES string of the molecule is Cc1cc(C)n(CCNC(=O)c2ccncc2)n1. The highest BCUT2D eigenvalue weighted by atomic mass is 16.1. The van der Waals surface area contributed by atoms with Gasteiger partial charge in [-0.1, -0.05) is 0 Å². The van der Waals surface area contributed by atoms with E-state index in [0.717, 1.165) is 11.4 Å². The molecule has 5 heteroatoms. The molecule has 1 N–H and O–H groups in total. The first-order valence-corrected chi connectivity index (χ1v) is 5.86. The molecular formula is C13H16N4O. The van der Waals surface area contributed by atoms with Gasteiger partial charge in [0.15, 0.2) is 0 Å². The van der Waals surface area contributed by atoms with Crippen molar-refractivity contribution in [3.05, 3.63) is 47.5 Å². The van der Waals surface area contributed by atoms with Gasteiger partial charge in [-0.05, 0) is 32.0 Å². The lowest BCUT2D eigenvalue weighted by molar-refractivity contribution is 0.0951. The molecule has 0 saturated carbocycles. The Morgan fingerprint density at radius 3 is 2.67 bits per heavy atom. The number of carbonyl (C=O) groups excluding carboxylic acids is 1. The Labute approximate surface area is 106 Å². The molecule has 0 spiro atoms. The van der Waals surface area contributed by atoms with E-state index in [0.29, 0.717) is 18.7 Å². The lowest BCUT2D eigenvalue weighted by atomic mass is 10.2. The molecule has 2 rings (SSSR count). The van der Waals surface area contributed by atoms with Crippen molar-refractivity contribution in [2.24, 2.45) is 0 Å². The average molecular weight is 244 g/mol. The predicted molar refractivity (Wildman–Crippen MR) is 68.3 cm³/mol. The minimum atomic E-state index is -0.0843. The zero-order valence-corrected chi connectivity index (χ0v) is 10.6. The number of hydrogen-bond donors (Lipinski definition) is 1. The van der Waals surface area contributed by atoms with Crippen molar-refractivity contribution in [2.75, 3.05) is 6.54 Å². The molecule has 0 aliphatic heterocycles. The summed E-state index contributed by atoms with van der Waals surface area (Å²) in [5.41, 5.74) is 2.72. The molecule has 94 valence electrons. The van der Waals surface area contributed by atoms with Crippen LogP contribution in [0.3, 0.4) is 0 Å². The molecule has 0 saturated heterocycles. The van der Waals surface area contributed by atoms with E-state index in [4.69, 9.17) is 0 Å². The minimum absolute atomic E-state index is 0.0843. The Balaban J connectivity index is 1.86. The largest absolute Gasteiger partial charge is 0.350 e. The molecule has 0 aliphatic rings. The Kier molecular flexibility index (Phi) is 3.72. The number of rotatable bonds is 4. The van der Waals surface area contributed by atoms with Crippen LogP contribution in [0.2, 0.25) is 0 Å². The van der Waals surface area contributed by atoms with Crippen LogP contribution < -0.4 is 5.32 Å². The van der Waals surface area contributed by atoms with E-state index in [-0.39, 0.29) is 5.91 Å². The fraction of sp³-hybridized carbons (Fsp3) is 0.308. The summed E-state index contributed by atoms with van der Waals surface area (Å²) in [5, 5.41) is 7.19. The maximum atomic E-state index is 11.8. The van der Waals surface area contributed by atoms with Crippen LogP contribution in [0.15, 0.2) is 30.6 Å². The quantitative estimate of drug-likeness (QED) is 0.882. The second-order valence-electron chi connectivity index (χ2n) is 4.14. The van der Waals surface area contributed by atoms with Gasteiger partial charge in [-0.3, -0.25) is 14.5 Å². The van der Waals surface area contributed by atoms with Crippen LogP contribution >= 0.6 is 0 Å². The highest BCUT2D eigenvalue weighted by Gasteiger charge is 2.05. The summed E-state index contributed by atoms with van der Waals surface area (Å²) >= 11 is 0. The van der Waals surface area contributed by atoms with Crippen LogP contribution in [-0.2, 0) is 6.54 Å². The second-order valence-corrected chi connectivity index (χ2v) is 4.14. The molecule has 0 fully saturated rings. The van der Waals surface area contributed by atoms with Crippen molar-refractivity contribution < 1.29 is 4.79 Å². The molecular weight excluding hydrogens is 228 g/mol. The summed E-state index contributed by atoms with van der Waals surface area (Å²) in [4.78, 5) is 15.6. The molecule has 18 heavy (non-hydrogen) atoms. The third-order valence-electron chi connectivity index (χ3n) is 2.66. The topological polar surface area (TPSA) is 59.8 Å². The first kappa shape index (κ1) is 12.3. The third-order valence-corrected chi connectivity index (χ3v) is 2.66. The van der Waals surface area contributed by atoms with Crippen LogP contribution in [0, 0.1) is 13.8 Å². The van der Waals surface area contributed by atoms with E-state index in [2.05, 4.69) is 15.4 Å². The summed E-state index contributed by atoms with van der Waals surface area (Å²) < 4.78 is 1.89. The molecule has 0 atom stereocenters. The summed E-state index contributed by atoms with van der Waals surface area (Å²) in [6, 6.07) is 5.40. The van der Waals surface area contributed by atoms with Gasteiger partial charge in [0.1, 0.15) is 0 Å². The Morgan fingerprint density at radius 2 is 2.06 bits per heavy atom. The first-order chi connectivity index (χ1) is 8.66. The molecule has 0 aromatic carbocycles. The van der Waals surface area contributed by atoms with E-state index < -0.39 is 0 Å².